The Morgan fingerprint density at radius 2 is 1.86 bits per heavy atom. The average molecular weight is 200 g/mol. The van der Waals surface area contributed by atoms with Gasteiger partial charge in [-0.3, -0.25) is 0 Å². The molecule has 0 aliphatic carbocycles. The lowest BCUT2D eigenvalue weighted by Gasteiger charge is -1.96. The van der Waals surface area contributed by atoms with Crippen LogP contribution in [0.3, 0.4) is 0 Å². The maximum Gasteiger partial charge on any atom is 0.505 e. The van der Waals surface area contributed by atoms with Crippen molar-refractivity contribution < 1.29 is 14.6 Å². The summed E-state index contributed by atoms with van der Waals surface area (Å²) < 4.78 is 4.37. The Morgan fingerprint density at radius 1 is 1.21 bits per heavy atom. The Morgan fingerprint density at radius 3 is 2.43 bits per heavy atom. The molecule has 0 aromatic heterocycles. The van der Waals surface area contributed by atoms with Crippen LogP contribution >= 0.6 is 0 Å². The minimum absolute atomic E-state index is 0.300. The molecule has 3 heteroatoms. The quantitative estimate of drug-likeness (QED) is 0.370. The normalized spacial score (nSPS) is 10.6. The van der Waals surface area contributed by atoms with E-state index in [0.717, 1.165) is 19.3 Å². The Labute approximate surface area is 85.8 Å². The van der Waals surface area contributed by atoms with Crippen molar-refractivity contribution in [3.8, 4) is 0 Å². The molecule has 1 N–H and O–H groups in total. The number of carboxylic acid groups (broad SMARTS) is 1. The molecule has 0 fully saturated rings. The zero-order valence-corrected chi connectivity index (χ0v) is 8.87. The molecule has 0 rings (SSSR count). The molecule has 0 spiro atoms. The van der Waals surface area contributed by atoms with Crippen molar-refractivity contribution in [2.24, 2.45) is 0 Å². The summed E-state index contributed by atoms with van der Waals surface area (Å²) in [5.74, 6) is 0. The zero-order valence-electron chi connectivity index (χ0n) is 8.87. The van der Waals surface area contributed by atoms with Crippen LogP contribution in [0.2, 0.25) is 0 Å². The van der Waals surface area contributed by atoms with Gasteiger partial charge in [0.2, 0.25) is 0 Å². The first-order valence-electron chi connectivity index (χ1n) is 5.28. The fourth-order valence-electron chi connectivity index (χ4n) is 1.11. The molecule has 82 valence electrons. The van der Waals surface area contributed by atoms with E-state index in [4.69, 9.17) is 5.11 Å². The molecule has 0 aromatic carbocycles. The summed E-state index contributed by atoms with van der Waals surface area (Å²) in [7, 11) is 0. The highest BCUT2D eigenvalue weighted by atomic mass is 16.7. The molecule has 0 bridgehead atoms. The predicted octanol–water partition coefficient (Wildman–Crippen LogP) is 3.60. The summed E-state index contributed by atoms with van der Waals surface area (Å²) in [6, 6.07) is 0. The van der Waals surface area contributed by atoms with Crippen LogP contribution < -0.4 is 0 Å². The van der Waals surface area contributed by atoms with Gasteiger partial charge in [-0.25, -0.2) is 4.79 Å². The van der Waals surface area contributed by atoms with Gasteiger partial charge in [-0.05, 0) is 25.7 Å². The Balaban J connectivity index is 3.07. The van der Waals surface area contributed by atoms with E-state index in [1.54, 1.807) is 0 Å². The SMILES string of the molecule is CCCCC/C=C\CCCOC(=O)O. The molecule has 0 aliphatic heterocycles. The molecule has 14 heavy (non-hydrogen) atoms. The minimum Gasteiger partial charge on any atom is -0.450 e. The third-order valence-electron chi connectivity index (χ3n) is 1.88. The van der Waals surface area contributed by atoms with E-state index in [1.807, 2.05) is 0 Å². The number of allylic oxidation sites excluding steroid dienone is 2. The molecule has 0 saturated carbocycles. The van der Waals surface area contributed by atoms with Crippen molar-refractivity contribution in [1.82, 2.24) is 0 Å². The summed E-state index contributed by atoms with van der Waals surface area (Å²) >= 11 is 0. The Bertz CT molecular complexity index is 164. The van der Waals surface area contributed by atoms with E-state index in [2.05, 4.69) is 23.8 Å². The largest absolute Gasteiger partial charge is 0.505 e. The van der Waals surface area contributed by atoms with Crippen LogP contribution in [0.15, 0.2) is 12.2 Å². The molecular formula is C11H20O3. The van der Waals surface area contributed by atoms with Gasteiger partial charge in [0.15, 0.2) is 0 Å². The summed E-state index contributed by atoms with van der Waals surface area (Å²) in [4.78, 5) is 9.97. The smallest absolute Gasteiger partial charge is 0.450 e. The molecule has 0 aliphatic rings. The Hall–Kier alpha value is -0.990. The molecule has 0 saturated heterocycles. The first-order valence-corrected chi connectivity index (χ1v) is 5.28. The molecule has 0 atom stereocenters. The van der Waals surface area contributed by atoms with Crippen molar-refractivity contribution >= 4 is 6.16 Å². The lowest BCUT2D eigenvalue weighted by molar-refractivity contribution is 0.0909. The molecule has 0 aromatic rings. The molecule has 0 unspecified atom stereocenters. The van der Waals surface area contributed by atoms with Gasteiger partial charge >= 0.3 is 6.16 Å². The molecule has 3 nitrogen and oxygen atoms in total. The first-order chi connectivity index (χ1) is 6.77. The van der Waals surface area contributed by atoms with E-state index in [0.29, 0.717) is 6.61 Å². The maximum absolute atomic E-state index is 9.97. The number of hydrogen-bond donors (Lipinski definition) is 1. The van der Waals surface area contributed by atoms with Gasteiger partial charge in [0.05, 0.1) is 6.61 Å². The van der Waals surface area contributed by atoms with Gasteiger partial charge in [-0.15, -0.1) is 0 Å². The monoisotopic (exact) mass is 200 g/mol. The lowest BCUT2D eigenvalue weighted by Crippen LogP contribution is -2.00. The predicted molar refractivity (Wildman–Crippen MR) is 56.5 cm³/mol. The van der Waals surface area contributed by atoms with E-state index in [1.165, 1.54) is 19.3 Å². The van der Waals surface area contributed by atoms with Crippen LogP contribution in [-0.2, 0) is 4.74 Å². The lowest BCUT2D eigenvalue weighted by atomic mass is 10.2. The Kier molecular flexibility index (Phi) is 9.38. The summed E-state index contributed by atoms with van der Waals surface area (Å²) in [6.45, 7) is 2.49. The zero-order chi connectivity index (χ0) is 10.6. The fraction of sp³-hybridized carbons (Fsp3) is 0.727. The van der Waals surface area contributed by atoms with Crippen LogP contribution in [0.1, 0.15) is 45.4 Å². The highest BCUT2D eigenvalue weighted by Crippen LogP contribution is 2.01. The van der Waals surface area contributed by atoms with Gasteiger partial charge in [0.1, 0.15) is 0 Å². The number of unbranched alkanes of at least 4 members (excludes halogenated alkanes) is 4. The number of carbonyl (C=O) groups is 1. The van der Waals surface area contributed by atoms with Gasteiger partial charge in [-0.1, -0.05) is 31.9 Å². The number of rotatable bonds is 8. The highest BCUT2D eigenvalue weighted by Gasteiger charge is 1.93. The highest BCUT2D eigenvalue weighted by molar-refractivity contribution is 5.56. The van der Waals surface area contributed by atoms with E-state index >= 15 is 0 Å². The number of hydrogen-bond acceptors (Lipinski definition) is 2. The van der Waals surface area contributed by atoms with Crippen LogP contribution in [-0.4, -0.2) is 17.9 Å². The summed E-state index contributed by atoms with van der Waals surface area (Å²) in [6.07, 6.45) is 9.67. The van der Waals surface area contributed by atoms with Gasteiger partial charge in [0.25, 0.3) is 0 Å². The van der Waals surface area contributed by atoms with Crippen LogP contribution in [0.4, 0.5) is 4.79 Å². The van der Waals surface area contributed by atoms with Crippen molar-refractivity contribution in [3.63, 3.8) is 0 Å². The average Bonchev–Trinajstić information content (AvgIpc) is 2.15. The standard InChI is InChI=1S/C11H20O3/c1-2-3-4-5-6-7-8-9-10-14-11(12)13/h6-7H,2-5,8-10H2,1H3,(H,12,13)/b7-6-. The van der Waals surface area contributed by atoms with Gasteiger partial charge in [0, 0.05) is 0 Å². The van der Waals surface area contributed by atoms with Crippen LogP contribution in [0, 0.1) is 0 Å². The van der Waals surface area contributed by atoms with Crippen molar-refractivity contribution in [2.45, 2.75) is 45.4 Å². The third-order valence-corrected chi connectivity index (χ3v) is 1.88. The molecule has 0 amide bonds. The summed E-state index contributed by atoms with van der Waals surface area (Å²) in [5.41, 5.74) is 0. The van der Waals surface area contributed by atoms with E-state index in [-0.39, 0.29) is 0 Å². The van der Waals surface area contributed by atoms with E-state index < -0.39 is 6.16 Å². The van der Waals surface area contributed by atoms with Crippen LogP contribution in [0.25, 0.3) is 0 Å². The van der Waals surface area contributed by atoms with Crippen LogP contribution in [0.5, 0.6) is 0 Å². The molecular weight excluding hydrogens is 180 g/mol. The topological polar surface area (TPSA) is 46.5 Å². The van der Waals surface area contributed by atoms with Crippen molar-refractivity contribution in [3.05, 3.63) is 12.2 Å². The van der Waals surface area contributed by atoms with Crippen molar-refractivity contribution in [2.75, 3.05) is 6.61 Å². The third kappa shape index (κ3) is 11.0. The molecule has 0 heterocycles. The number of ether oxygens (including phenoxy) is 1. The fourth-order valence-corrected chi connectivity index (χ4v) is 1.11. The second-order valence-electron chi connectivity index (χ2n) is 3.22. The second-order valence-corrected chi connectivity index (χ2v) is 3.22. The molecule has 0 radical (unpaired) electrons. The van der Waals surface area contributed by atoms with Gasteiger partial charge < -0.3 is 9.84 Å². The van der Waals surface area contributed by atoms with E-state index in [9.17, 15) is 4.79 Å². The van der Waals surface area contributed by atoms with Crippen molar-refractivity contribution in [1.29, 1.82) is 0 Å². The summed E-state index contributed by atoms with van der Waals surface area (Å²) in [5, 5.41) is 8.17. The van der Waals surface area contributed by atoms with Gasteiger partial charge in [-0.2, -0.15) is 0 Å². The maximum atomic E-state index is 9.97. The first kappa shape index (κ1) is 13.0. The minimum atomic E-state index is -1.18. The second kappa shape index (κ2) is 10.1.